The monoisotopic (exact) mass is 452 g/mol. The van der Waals surface area contributed by atoms with E-state index < -0.39 is 11.0 Å². The van der Waals surface area contributed by atoms with Gasteiger partial charge in [0.25, 0.3) is 0 Å². The maximum atomic E-state index is 12.9. The van der Waals surface area contributed by atoms with Crippen molar-refractivity contribution >= 4 is 27.7 Å². The van der Waals surface area contributed by atoms with E-state index in [4.69, 9.17) is 5.26 Å². The molecule has 0 aliphatic carbocycles. The summed E-state index contributed by atoms with van der Waals surface area (Å²) in [6.45, 7) is 0. The van der Waals surface area contributed by atoms with Gasteiger partial charge in [0.15, 0.2) is 11.0 Å². The summed E-state index contributed by atoms with van der Waals surface area (Å²) in [7, 11) is 2.53. The van der Waals surface area contributed by atoms with E-state index in [9.17, 15) is 4.21 Å². The molecular formula is C25H20N6OS. The highest BCUT2D eigenvalue weighted by atomic mass is 32.2. The Morgan fingerprint density at radius 3 is 2.45 bits per heavy atom. The minimum atomic E-state index is -1.51. The van der Waals surface area contributed by atoms with Crippen LogP contribution in [0.1, 0.15) is 5.56 Å². The fourth-order valence-electron chi connectivity index (χ4n) is 3.64. The van der Waals surface area contributed by atoms with Gasteiger partial charge in [-0.05, 0) is 48.0 Å². The van der Waals surface area contributed by atoms with Crippen LogP contribution in [0.25, 0.3) is 33.3 Å². The number of fused-ring (bicyclic) bond motifs is 1. The number of nitrogens with one attached hydrogen (secondary N) is 1. The number of nitriles is 1. The largest absolute Gasteiger partial charge is 0.378 e. The highest BCUT2D eigenvalue weighted by Crippen LogP contribution is 2.31. The van der Waals surface area contributed by atoms with E-state index in [-0.39, 0.29) is 0 Å². The Labute approximate surface area is 193 Å². The second kappa shape index (κ2) is 8.37. The molecule has 33 heavy (non-hydrogen) atoms. The summed E-state index contributed by atoms with van der Waals surface area (Å²) < 4.78 is 14.3. The Bertz CT molecular complexity index is 1510. The Hall–Kier alpha value is -4.22. The molecule has 0 saturated heterocycles. The van der Waals surface area contributed by atoms with Gasteiger partial charge in [-0.1, -0.05) is 12.1 Å². The normalized spacial score (nSPS) is 11.9. The lowest BCUT2D eigenvalue weighted by Crippen LogP contribution is -2.07. The van der Waals surface area contributed by atoms with Crippen LogP contribution in [-0.4, -0.2) is 37.5 Å². The molecule has 0 aliphatic heterocycles. The average molecular weight is 453 g/mol. The molecule has 0 amide bonds. The molecule has 0 spiro atoms. The van der Waals surface area contributed by atoms with Crippen molar-refractivity contribution < 1.29 is 4.21 Å². The molecule has 0 bridgehead atoms. The molecule has 7 nitrogen and oxygen atoms in total. The van der Waals surface area contributed by atoms with Crippen LogP contribution in [0.2, 0.25) is 0 Å². The summed E-state index contributed by atoms with van der Waals surface area (Å²) in [4.78, 5) is 10.4. The number of hydrogen-bond acceptors (Lipinski definition) is 5. The fourth-order valence-corrected chi connectivity index (χ4v) is 4.57. The molecule has 5 aromatic rings. The molecule has 1 N–H and O–H groups in total. The number of H-pyrrole nitrogens is 1. The van der Waals surface area contributed by atoms with Crippen LogP contribution in [0.5, 0.6) is 0 Å². The molecule has 162 valence electrons. The van der Waals surface area contributed by atoms with E-state index in [1.54, 1.807) is 36.7 Å². The number of pyridine rings is 1. The van der Waals surface area contributed by atoms with Gasteiger partial charge in [0.1, 0.15) is 5.65 Å². The fraction of sp³-hybridized carbons (Fsp3) is 0.0800. The molecule has 3 aromatic heterocycles. The molecular weight excluding hydrogens is 432 g/mol. The lowest BCUT2D eigenvalue weighted by atomic mass is 10.0. The van der Waals surface area contributed by atoms with Crippen LogP contribution < -0.4 is 4.90 Å². The number of rotatable bonds is 5. The Morgan fingerprint density at radius 1 is 1.00 bits per heavy atom. The SMILES string of the molecule is CN(C)c1ccc(-c2cnc3[nH]cc(-c4cnn(S(=O)c5ccc(C#N)cc5)c4)c3c2)cc1. The number of aromatic nitrogens is 4. The minimum absolute atomic E-state index is 0.523. The second-order valence-electron chi connectivity index (χ2n) is 7.78. The Balaban J connectivity index is 1.48. The van der Waals surface area contributed by atoms with Crippen LogP contribution in [0.15, 0.2) is 84.3 Å². The summed E-state index contributed by atoms with van der Waals surface area (Å²) in [5.41, 5.74) is 6.31. The summed E-state index contributed by atoms with van der Waals surface area (Å²) in [5.74, 6) is 0. The standard InChI is InChI=1S/C25H20N6OS/c1-30(2)21-7-5-18(6-8-21)19-11-23-24(15-28-25(23)27-13-19)20-14-29-31(16-20)33(32)22-9-3-17(12-26)4-10-22/h3-11,13-16H,1-2H3,(H,27,28). The molecule has 3 heterocycles. The Kier molecular flexibility index (Phi) is 5.24. The van der Waals surface area contributed by atoms with Crippen molar-refractivity contribution in [2.75, 3.05) is 19.0 Å². The van der Waals surface area contributed by atoms with Crippen molar-refractivity contribution in [2.24, 2.45) is 0 Å². The van der Waals surface area contributed by atoms with Crippen LogP contribution >= 0.6 is 0 Å². The zero-order valence-electron chi connectivity index (χ0n) is 18.1. The van der Waals surface area contributed by atoms with Crippen LogP contribution in [0.3, 0.4) is 0 Å². The smallest absolute Gasteiger partial charge is 0.173 e. The third-order valence-electron chi connectivity index (χ3n) is 5.47. The van der Waals surface area contributed by atoms with E-state index in [1.165, 1.54) is 4.09 Å². The first-order valence-electron chi connectivity index (χ1n) is 10.3. The summed E-state index contributed by atoms with van der Waals surface area (Å²) in [6.07, 6.45) is 7.21. The van der Waals surface area contributed by atoms with Crippen LogP contribution in [-0.2, 0) is 11.0 Å². The first-order chi connectivity index (χ1) is 16.0. The third kappa shape index (κ3) is 3.90. The number of benzene rings is 2. The maximum Gasteiger partial charge on any atom is 0.173 e. The maximum absolute atomic E-state index is 12.9. The minimum Gasteiger partial charge on any atom is -0.378 e. The molecule has 0 saturated carbocycles. The summed E-state index contributed by atoms with van der Waals surface area (Å²) in [6, 6.07) is 19.2. The average Bonchev–Trinajstić information content (AvgIpc) is 3.50. The van der Waals surface area contributed by atoms with E-state index in [1.807, 2.05) is 26.5 Å². The van der Waals surface area contributed by atoms with Crippen molar-refractivity contribution in [3.8, 4) is 28.3 Å². The van der Waals surface area contributed by atoms with Gasteiger partial charge >= 0.3 is 0 Å². The number of hydrogen-bond donors (Lipinski definition) is 1. The first kappa shape index (κ1) is 20.7. The van der Waals surface area contributed by atoms with E-state index in [2.05, 4.69) is 56.4 Å². The predicted molar refractivity (Wildman–Crippen MR) is 130 cm³/mol. The van der Waals surface area contributed by atoms with Crippen molar-refractivity contribution in [1.82, 2.24) is 19.2 Å². The molecule has 1 atom stereocenters. The Morgan fingerprint density at radius 2 is 1.76 bits per heavy atom. The van der Waals surface area contributed by atoms with Crippen LogP contribution in [0.4, 0.5) is 5.69 Å². The molecule has 0 aliphatic rings. The van der Waals surface area contributed by atoms with Gasteiger partial charge in [0, 0.05) is 60.4 Å². The summed E-state index contributed by atoms with van der Waals surface area (Å²) >= 11 is 0. The predicted octanol–water partition coefficient (Wildman–Crippen LogP) is 4.60. The third-order valence-corrected chi connectivity index (χ3v) is 6.69. The highest BCUT2D eigenvalue weighted by Gasteiger charge is 2.14. The van der Waals surface area contributed by atoms with Crippen LogP contribution in [0, 0.1) is 11.3 Å². The first-order valence-corrected chi connectivity index (χ1v) is 11.4. The molecule has 5 rings (SSSR count). The molecule has 1 unspecified atom stereocenters. The topological polar surface area (TPSA) is 90.6 Å². The quantitative estimate of drug-likeness (QED) is 0.421. The van der Waals surface area contributed by atoms with Gasteiger partial charge in [-0.15, -0.1) is 0 Å². The van der Waals surface area contributed by atoms with Gasteiger partial charge in [0.2, 0.25) is 0 Å². The van der Waals surface area contributed by atoms with Gasteiger partial charge < -0.3 is 9.88 Å². The number of aromatic amines is 1. The number of anilines is 1. The number of nitrogens with zero attached hydrogens (tertiary/aromatic N) is 5. The van der Waals surface area contributed by atoms with Gasteiger partial charge in [-0.25, -0.2) is 9.19 Å². The molecule has 0 radical (unpaired) electrons. The van der Waals surface area contributed by atoms with Gasteiger partial charge in [-0.2, -0.15) is 14.4 Å². The lowest BCUT2D eigenvalue weighted by molar-refractivity contribution is 0.671. The second-order valence-corrected chi connectivity index (χ2v) is 9.12. The van der Waals surface area contributed by atoms with Crippen molar-refractivity contribution in [2.45, 2.75) is 4.90 Å². The van der Waals surface area contributed by atoms with E-state index in [0.29, 0.717) is 10.5 Å². The van der Waals surface area contributed by atoms with E-state index in [0.717, 1.165) is 39.0 Å². The lowest BCUT2D eigenvalue weighted by Gasteiger charge is -2.12. The molecule has 8 heteroatoms. The summed E-state index contributed by atoms with van der Waals surface area (Å²) in [5, 5.41) is 14.2. The zero-order valence-corrected chi connectivity index (χ0v) is 18.9. The van der Waals surface area contributed by atoms with E-state index >= 15 is 0 Å². The molecule has 2 aromatic carbocycles. The van der Waals surface area contributed by atoms with Crippen molar-refractivity contribution in [3.63, 3.8) is 0 Å². The zero-order chi connectivity index (χ0) is 22.9. The van der Waals surface area contributed by atoms with Crippen molar-refractivity contribution in [1.29, 1.82) is 5.26 Å². The highest BCUT2D eigenvalue weighted by molar-refractivity contribution is 7.83. The molecule has 0 fully saturated rings. The van der Waals surface area contributed by atoms with Gasteiger partial charge in [-0.3, -0.25) is 0 Å². The van der Waals surface area contributed by atoms with Gasteiger partial charge in [0.05, 0.1) is 22.7 Å². The van der Waals surface area contributed by atoms with Crippen molar-refractivity contribution in [3.05, 3.63) is 84.9 Å².